The van der Waals surface area contributed by atoms with Gasteiger partial charge >= 0.3 is 0 Å². The number of rotatable bonds is 6. The maximum atomic E-state index is 12.6. The third-order valence-electron chi connectivity index (χ3n) is 6.03. The molecule has 2 aliphatic heterocycles. The molecule has 156 valence electrons. The Bertz CT molecular complexity index is 950. The van der Waals surface area contributed by atoms with Gasteiger partial charge < -0.3 is 10.2 Å². The molecule has 4 rings (SSSR count). The number of nitrogens with zero attached hydrogens (tertiary/aromatic N) is 1. The molecule has 1 fully saturated rings. The van der Waals surface area contributed by atoms with Crippen LogP contribution in [-0.2, 0) is 29.1 Å². The molecule has 0 atom stereocenters. The van der Waals surface area contributed by atoms with Crippen LogP contribution in [0.1, 0.15) is 46.3 Å². The number of carbonyl (C=O) groups is 3. The van der Waals surface area contributed by atoms with Crippen molar-refractivity contribution in [2.45, 2.75) is 38.8 Å². The molecule has 0 spiro atoms. The zero-order valence-electron chi connectivity index (χ0n) is 17.2. The van der Waals surface area contributed by atoms with Crippen LogP contribution in [0.5, 0.6) is 0 Å². The summed E-state index contributed by atoms with van der Waals surface area (Å²) in [6.45, 7) is 3.51. The van der Waals surface area contributed by atoms with Gasteiger partial charge in [0.15, 0.2) is 0 Å². The molecule has 0 saturated carbocycles. The number of carbonyl (C=O) groups excluding carboxylic acids is 3. The first-order chi connectivity index (χ1) is 14.6. The monoisotopic (exact) mass is 406 g/mol. The Labute approximate surface area is 176 Å². The highest BCUT2D eigenvalue weighted by Gasteiger charge is 2.31. The first-order valence-corrected chi connectivity index (χ1v) is 10.7. The normalized spacial score (nSPS) is 17.0. The molecule has 0 aliphatic carbocycles. The maximum Gasteiger partial charge on any atom is 0.261 e. The number of hydrogen-bond acceptors (Lipinski definition) is 3. The number of amides is 3. The predicted molar refractivity (Wildman–Crippen MR) is 113 cm³/mol. The number of quaternary nitrogens is 1. The Hall–Kier alpha value is -2.99. The summed E-state index contributed by atoms with van der Waals surface area (Å²) < 4.78 is 0. The zero-order valence-corrected chi connectivity index (χ0v) is 17.2. The van der Waals surface area contributed by atoms with Gasteiger partial charge in [-0.15, -0.1) is 0 Å². The lowest BCUT2D eigenvalue weighted by Crippen LogP contribution is -3.11. The Morgan fingerprint density at radius 3 is 2.43 bits per heavy atom. The zero-order chi connectivity index (χ0) is 20.9. The Balaban J connectivity index is 1.36. The summed E-state index contributed by atoms with van der Waals surface area (Å²) in [7, 11) is 0. The standard InChI is InChI=1S/C24H27N3O3/c28-22(17-27-23(29)14-18-8-4-5-11-21(18)24(27)30)25-15-19-9-2-3-10-20(19)16-26-12-6-1-7-13-26/h2-5,8-11H,1,6-7,12-17H2,(H,25,28)/p+1. The molecule has 6 heteroatoms. The van der Waals surface area contributed by atoms with Crippen molar-refractivity contribution in [2.24, 2.45) is 0 Å². The maximum absolute atomic E-state index is 12.6. The molecule has 0 aromatic heterocycles. The van der Waals surface area contributed by atoms with Gasteiger partial charge in [0.1, 0.15) is 13.1 Å². The van der Waals surface area contributed by atoms with E-state index in [9.17, 15) is 14.4 Å². The van der Waals surface area contributed by atoms with Crippen LogP contribution in [0.15, 0.2) is 48.5 Å². The lowest BCUT2D eigenvalue weighted by molar-refractivity contribution is -0.918. The molecule has 2 aromatic rings. The van der Waals surface area contributed by atoms with Crippen LogP contribution < -0.4 is 10.2 Å². The Morgan fingerprint density at radius 2 is 1.63 bits per heavy atom. The molecule has 2 aromatic carbocycles. The lowest BCUT2D eigenvalue weighted by Gasteiger charge is -2.26. The second kappa shape index (κ2) is 9.22. The molecule has 1 saturated heterocycles. The SMILES string of the molecule is O=C(CN1C(=O)Cc2ccccc2C1=O)NCc1ccccc1C[NH+]1CCCCC1. The summed E-state index contributed by atoms with van der Waals surface area (Å²) >= 11 is 0. The fraction of sp³-hybridized carbons (Fsp3) is 0.375. The van der Waals surface area contributed by atoms with Gasteiger partial charge in [0.25, 0.3) is 5.91 Å². The van der Waals surface area contributed by atoms with Crippen LogP contribution in [0.3, 0.4) is 0 Å². The average Bonchev–Trinajstić information content (AvgIpc) is 2.77. The fourth-order valence-corrected chi connectivity index (χ4v) is 4.35. The van der Waals surface area contributed by atoms with Crippen molar-refractivity contribution >= 4 is 17.7 Å². The highest BCUT2D eigenvalue weighted by atomic mass is 16.2. The van der Waals surface area contributed by atoms with Gasteiger partial charge in [0.2, 0.25) is 11.8 Å². The van der Waals surface area contributed by atoms with Crippen LogP contribution in [0, 0.1) is 0 Å². The highest BCUT2D eigenvalue weighted by Crippen LogP contribution is 2.19. The molecule has 2 heterocycles. The van der Waals surface area contributed by atoms with E-state index in [1.54, 1.807) is 23.1 Å². The number of nitrogens with one attached hydrogen (secondary N) is 2. The van der Waals surface area contributed by atoms with Crippen molar-refractivity contribution < 1.29 is 19.3 Å². The van der Waals surface area contributed by atoms with Crippen molar-refractivity contribution in [1.82, 2.24) is 10.2 Å². The lowest BCUT2D eigenvalue weighted by atomic mass is 9.98. The number of fused-ring (bicyclic) bond motifs is 1. The minimum Gasteiger partial charge on any atom is -0.350 e. The van der Waals surface area contributed by atoms with Crippen molar-refractivity contribution in [1.29, 1.82) is 0 Å². The van der Waals surface area contributed by atoms with E-state index in [0.717, 1.165) is 22.6 Å². The van der Waals surface area contributed by atoms with Crippen LogP contribution >= 0.6 is 0 Å². The van der Waals surface area contributed by atoms with E-state index in [4.69, 9.17) is 0 Å². The second-order valence-corrected chi connectivity index (χ2v) is 8.15. The molecule has 2 N–H and O–H groups in total. The van der Waals surface area contributed by atoms with Gasteiger partial charge in [-0.1, -0.05) is 42.5 Å². The minimum absolute atomic E-state index is 0.149. The van der Waals surface area contributed by atoms with Crippen molar-refractivity contribution in [3.05, 3.63) is 70.8 Å². The summed E-state index contributed by atoms with van der Waals surface area (Å²) in [6, 6.07) is 15.2. The Kier molecular flexibility index (Phi) is 6.23. The highest BCUT2D eigenvalue weighted by molar-refractivity contribution is 6.11. The molecule has 3 amide bonds. The Morgan fingerprint density at radius 1 is 0.933 bits per heavy atom. The van der Waals surface area contributed by atoms with Gasteiger partial charge in [-0.05, 0) is 36.5 Å². The number of benzene rings is 2. The number of imide groups is 1. The van der Waals surface area contributed by atoms with E-state index in [2.05, 4.69) is 11.4 Å². The minimum atomic E-state index is -0.397. The molecule has 30 heavy (non-hydrogen) atoms. The molecular formula is C24H28N3O3+. The summed E-state index contributed by atoms with van der Waals surface area (Å²) in [6.07, 6.45) is 4.01. The van der Waals surface area contributed by atoms with Crippen molar-refractivity contribution in [2.75, 3.05) is 19.6 Å². The van der Waals surface area contributed by atoms with Crippen LogP contribution in [0.4, 0.5) is 0 Å². The largest absolute Gasteiger partial charge is 0.350 e. The summed E-state index contributed by atoms with van der Waals surface area (Å²) in [5.74, 6) is -1.05. The topological polar surface area (TPSA) is 70.9 Å². The van der Waals surface area contributed by atoms with Crippen LogP contribution in [-0.4, -0.2) is 42.3 Å². The third-order valence-corrected chi connectivity index (χ3v) is 6.03. The van der Waals surface area contributed by atoms with E-state index in [1.807, 2.05) is 24.3 Å². The van der Waals surface area contributed by atoms with E-state index >= 15 is 0 Å². The molecular weight excluding hydrogens is 378 g/mol. The van der Waals surface area contributed by atoms with E-state index < -0.39 is 5.91 Å². The van der Waals surface area contributed by atoms with Crippen LogP contribution in [0.2, 0.25) is 0 Å². The number of hydrogen-bond donors (Lipinski definition) is 2. The fourth-order valence-electron chi connectivity index (χ4n) is 4.35. The van der Waals surface area contributed by atoms with Gasteiger partial charge in [-0.3, -0.25) is 19.3 Å². The molecule has 0 radical (unpaired) electrons. The third kappa shape index (κ3) is 4.60. The van der Waals surface area contributed by atoms with Gasteiger partial charge in [-0.2, -0.15) is 0 Å². The predicted octanol–water partition coefficient (Wildman–Crippen LogP) is 1.10. The molecule has 6 nitrogen and oxygen atoms in total. The van der Waals surface area contributed by atoms with E-state index in [1.165, 1.54) is 37.9 Å². The number of piperidine rings is 1. The second-order valence-electron chi connectivity index (χ2n) is 8.15. The van der Waals surface area contributed by atoms with E-state index in [0.29, 0.717) is 12.1 Å². The number of likely N-dealkylation sites (tertiary alicyclic amines) is 1. The quantitative estimate of drug-likeness (QED) is 0.706. The van der Waals surface area contributed by atoms with E-state index in [-0.39, 0.29) is 24.8 Å². The van der Waals surface area contributed by atoms with Gasteiger partial charge in [0, 0.05) is 17.7 Å². The van der Waals surface area contributed by atoms with Crippen molar-refractivity contribution in [3.63, 3.8) is 0 Å². The summed E-state index contributed by atoms with van der Waals surface area (Å²) in [5, 5.41) is 2.89. The first kappa shape index (κ1) is 20.3. The average molecular weight is 407 g/mol. The molecule has 2 aliphatic rings. The first-order valence-electron chi connectivity index (χ1n) is 10.7. The molecule has 0 unspecified atom stereocenters. The van der Waals surface area contributed by atoms with Crippen molar-refractivity contribution in [3.8, 4) is 0 Å². The van der Waals surface area contributed by atoms with Gasteiger partial charge in [-0.25, -0.2) is 0 Å². The molecule has 0 bridgehead atoms. The smallest absolute Gasteiger partial charge is 0.261 e. The summed E-state index contributed by atoms with van der Waals surface area (Å²) in [5.41, 5.74) is 3.55. The summed E-state index contributed by atoms with van der Waals surface area (Å²) in [4.78, 5) is 40.2. The van der Waals surface area contributed by atoms with Crippen LogP contribution in [0.25, 0.3) is 0 Å². The van der Waals surface area contributed by atoms with Gasteiger partial charge in [0.05, 0.1) is 19.5 Å².